The minimum atomic E-state index is -0.571. The first kappa shape index (κ1) is 34.4. The summed E-state index contributed by atoms with van der Waals surface area (Å²) in [6.45, 7) is 13.3. The fourth-order valence-electron chi connectivity index (χ4n) is 7.87. The third-order valence-electron chi connectivity index (χ3n) is 10.6. The van der Waals surface area contributed by atoms with Crippen molar-refractivity contribution in [3.8, 4) is 0 Å². The maximum atomic E-state index is 12.8. The number of nitrogens with zero attached hydrogens (tertiary/aromatic N) is 8. The van der Waals surface area contributed by atoms with Gasteiger partial charge in [0.05, 0.1) is 36.3 Å². The van der Waals surface area contributed by atoms with Crippen LogP contribution in [-0.4, -0.2) is 106 Å². The zero-order valence-corrected chi connectivity index (χ0v) is 30.4. The zero-order valence-electron chi connectivity index (χ0n) is 30.4. The Bertz CT molecular complexity index is 1740. The Morgan fingerprint density at radius 3 is 2.52 bits per heavy atom. The lowest BCUT2D eigenvalue weighted by Crippen LogP contribution is -2.55. The summed E-state index contributed by atoms with van der Waals surface area (Å²) in [5, 5.41) is 8.30. The van der Waals surface area contributed by atoms with Crippen LogP contribution in [0.1, 0.15) is 101 Å². The van der Waals surface area contributed by atoms with Crippen molar-refractivity contribution in [3.63, 3.8) is 0 Å². The number of fused-ring (bicyclic) bond motifs is 2. The molecule has 4 aliphatic rings. The monoisotopic (exact) mass is 689 g/mol. The molecule has 50 heavy (non-hydrogen) atoms. The van der Waals surface area contributed by atoms with E-state index >= 15 is 0 Å². The van der Waals surface area contributed by atoms with Crippen molar-refractivity contribution in [2.24, 2.45) is 5.41 Å². The Balaban J connectivity index is 1.18. The van der Waals surface area contributed by atoms with Crippen LogP contribution < -0.4 is 15.1 Å². The number of aromatic nitrogens is 5. The summed E-state index contributed by atoms with van der Waals surface area (Å²) in [6, 6.07) is 3.65. The van der Waals surface area contributed by atoms with Gasteiger partial charge in [0.25, 0.3) is 5.91 Å². The van der Waals surface area contributed by atoms with Crippen molar-refractivity contribution in [2.45, 2.75) is 103 Å². The fraction of sp³-hybridized carbons (Fsp3) is 0.667. The highest BCUT2D eigenvalue weighted by Gasteiger charge is 2.50. The standard InChI is InChI=1S/C36H51N9O5/c1-22-13-16-44(25-12-11-24(38-28(22)25)33(46)42(6)7)32-29-31(45(41-32)27-10-8-9-19-48-27)39-26(20-37-29)43-17-14-36(15-18-43)21-49-23(2)30(36)40-34(47)50-35(3,4)5/h11-12,20,22-23,27,30H,8-10,13-19,21H2,1-7H3,(H,40,47)/t22-,23+,27?,30-/m1/s1. The lowest BCUT2D eigenvalue weighted by atomic mass is 9.73. The molecule has 3 aromatic heterocycles. The van der Waals surface area contributed by atoms with Crippen LogP contribution in [0.15, 0.2) is 18.3 Å². The van der Waals surface area contributed by atoms with Crippen LogP contribution in [0, 0.1) is 5.41 Å². The molecule has 3 aromatic rings. The highest BCUT2D eigenvalue weighted by atomic mass is 16.6. The van der Waals surface area contributed by atoms with Crippen molar-refractivity contribution in [2.75, 3.05) is 56.7 Å². The molecule has 0 bridgehead atoms. The molecule has 3 fully saturated rings. The van der Waals surface area contributed by atoms with Crippen LogP contribution in [0.3, 0.4) is 0 Å². The molecule has 1 spiro atoms. The van der Waals surface area contributed by atoms with Crippen molar-refractivity contribution in [1.29, 1.82) is 0 Å². The van der Waals surface area contributed by atoms with Crippen LogP contribution in [0.4, 0.5) is 22.1 Å². The normalized spacial score (nSPS) is 25.1. The van der Waals surface area contributed by atoms with Crippen molar-refractivity contribution < 1.29 is 23.8 Å². The Hall–Kier alpha value is -4.04. The Morgan fingerprint density at radius 1 is 1.04 bits per heavy atom. The number of rotatable bonds is 5. The average molecular weight is 690 g/mol. The molecule has 1 N–H and O–H groups in total. The van der Waals surface area contributed by atoms with E-state index in [1.165, 1.54) is 0 Å². The minimum Gasteiger partial charge on any atom is -0.444 e. The molecule has 0 aromatic carbocycles. The first-order valence-electron chi connectivity index (χ1n) is 18.1. The number of pyridine rings is 1. The van der Waals surface area contributed by atoms with E-state index in [0.29, 0.717) is 30.1 Å². The molecule has 270 valence electrons. The van der Waals surface area contributed by atoms with Crippen molar-refractivity contribution in [3.05, 3.63) is 29.7 Å². The van der Waals surface area contributed by atoms with Gasteiger partial charge in [0.15, 0.2) is 23.2 Å². The molecule has 4 aliphatic heterocycles. The number of carbonyl (C=O) groups is 2. The fourth-order valence-corrected chi connectivity index (χ4v) is 7.87. The lowest BCUT2D eigenvalue weighted by molar-refractivity contribution is -0.0368. The van der Waals surface area contributed by atoms with Crippen molar-refractivity contribution in [1.82, 2.24) is 34.9 Å². The molecule has 7 rings (SSSR count). The average Bonchev–Trinajstić information content (AvgIpc) is 3.61. The number of hydrogen-bond acceptors (Lipinski definition) is 11. The first-order chi connectivity index (χ1) is 23.8. The number of nitrogens with one attached hydrogen (secondary N) is 1. The number of amides is 2. The molecule has 3 saturated heterocycles. The van der Waals surface area contributed by atoms with E-state index < -0.39 is 11.7 Å². The third kappa shape index (κ3) is 6.47. The second kappa shape index (κ2) is 13.3. The van der Waals surface area contributed by atoms with Gasteiger partial charge in [-0.2, -0.15) is 0 Å². The number of hydrogen-bond donors (Lipinski definition) is 1. The summed E-state index contributed by atoms with van der Waals surface area (Å²) in [4.78, 5) is 46.6. The summed E-state index contributed by atoms with van der Waals surface area (Å²) in [6.07, 6.45) is 6.58. The zero-order chi connectivity index (χ0) is 35.4. The molecule has 14 heteroatoms. The highest BCUT2D eigenvalue weighted by Crippen LogP contribution is 2.44. The SMILES string of the molecule is C[C@@H]1CCN(c2nn(C3CCCCO3)c3nc(N4CCC5(CC4)CO[C@@H](C)[C@H]5NC(=O)OC(C)(C)C)cnc23)c2ccc(C(=O)N(C)C)nc21. The molecule has 0 radical (unpaired) electrons. The second-order valence-corrected chi connectivity index (χ2v) is 15.6. The quantitative estimate of drug-likeness (QED) is 0.380. The highest BCUT2D eigenvalue weighted by molar-refractivity contribution is 5.93. The third-order valence-corrected chi connectivity index (χ3v) is 10.6. The molecule has 4 atom stereocenters. The number of piperidine rings is 1. The smallest absolute Gasteiger partial charge is 0.407 e. The topological polar surface area (TPSA) is 140 Å². The van der Waals surface area contributed by atoms with Crippen LogP contribution >= 0.6 is 0 Å². The molecule has 0 saturated carbocycles. The van der Waals surface area contributed by atoms with E-state index in [0.717, 1.165) is 81.2 Å². The van der Waals surface area contributed by atoms with E-state index in [4.69, 9.17) is 34.3 Å². The maximum Gasteiger partial charge on any atom is 0.407 e. The van der Waals surface area contributed by atoms with E-state index in [1.54, 1.807) is 25.1 Å². The Kier molecular flexibility index (Phi) is 9.12. The first-order valence-corrected chi connectivity index (χ1v) is 18.1. The van der Waals surface area contributed by atoms with Gasteiger partial charge in [0.2, 0.25) is 0 Å². The largest absolute Gasteiger partial charge is 0.444 e. The summed E-state index contributed by atoms with van der Waals surface area (Å²) in [5.74, 6) is 1.59. The van der Waals surface area contributed by atoms with Crippen LogP contribution in [0.5, 0.6) is 0 Å². The van der Waals surface area contributed by atoms with Gasteiger partial charge in [-0.05, 0) is 78.4 Å². The maximum absolute atomic E-state index is 12.8. The van der Waals surface area contributed by atoms with E-state index in [2.05, 4.69) is 22.0 Å². The molecule has 14 nitrogen and oxygen atoms in total. The lowest BCUT2D eigenvalue weighted by Gasteiger charge is -2.42. The van der Waals surface area contributed by atoms with E-state index in [1.807, 2.05) is 44.6 Å². The summed E-state index contributed by atoms with van der Waals surface area (Å²) >= 11 is 0. The van der Waals surface area contributed by atoms with Gasteiger partial charge in [0.1, 0.15) is 17.1 Å². The summed E-state index contributed by atoms with van der Waals surface area (Å²) in [5.41, 5.74) is 2.91. The Morgan fingerprint density at radius 2 is 1.82 bits per heavy atom. The van der Waals surface area contributed by atoms with Crippen LogP contribution in [-0.2, 0) is 14.2 Å². The van der Waals surface area contributed by atoms with Crippen LogP contribution in [0.25, 0.3) is 11.2 Å². The number of anilines is 3. The molecular weight excluding hydrogens is 638 g/mol. The minimum absolute atomic E-state index is 0.105. The number of ether oxygens (including phenoxy) is 3. The number of carbonyl (C=O) groups excluding carboxylic acids is 2. The molecule has 0 aliphatic carbocycles. The van der Waals surface area contributed by atoms with Crippen LogP contribution in [0.2, 0.25) is 0 Å². The van der Waals surface area contributed by atoms with Crippen molar-refractivity contribution >= 4 is 40.5 Å². The van der Waals surface area contributed by atoms with Gasteiger partial charge in [-0.3, -0.25) is 4.79 Å². The molecular formula is C36H51N9O5. The van der Waals surface area contributed by atoms with E-state index in [-0.39, 0.29) is 35.6 Å². The molecule has 2 amide bonds. The molecule has 1 unspecified atom stereocenters. The van der Waals surface area contributed by atoms with Gasteiger partial charge < -0.3 is 34.2 Å². The van der Waals surface area contributed by atoms with Gasteiger partial charge in [-0.25, -0.2) is 24.4 Å². The Labute approximate surface area is 293 Å². The van der Waals surface area contributed by atoms with Gasteiger partial charge in [-0.15, -0.1) is 5.10 Å². The van der Waals surface area contributed by atoms with Gasteiger partial charge in [0, 0.05) is 51.7 Å². The van der Waals surface area contributed by atoms with Gasteiger partial charge >= 0.3 is 6.09 Å². The predicted molar refractivity (Wildman–Crippen MR) is 189 cm³/mol. The summed E-state index contributed by atoms with van der Waals surface area (Å²) in [7, 11) is 3.48. The predicted octanol–water partition coefficient (Wildman–Crippen LogP) is 5.17. The summed E-state index contributed by atoms with van der Waals surface area (Å²) < 4.78 is 19.9. The van der Waals surface area contributed by atoms with E-state index in [9.17, 15) is 9.59 Å². The van der Waals surface area contributed by atoms with Gasteiger partial charge in [-0.1, -0.05) is 6.92 Å². The second-order valence-electron chi connectivity index (χ2n) is 15.6. The molecule has 7 heterocycles. The number of alkyl carbamates (subject to hydrolysis) is 1.